The molecule has 0 radical (unpaired) electrons. The zero-order valence-electron chi connectivity index (χ0n) is 11.9. The molecule has 1 aliphatic rings. The SMILES string of the molecule is CCCNCc1nnnn1C1CCCc2ccccc21. The largest absolute Gasteiger partial charge is 0.310 e. The first kappa shape index (κ1) is 13.2. The minimum atomic E-state index is 0.286. The fourth-order valence-corrected chi connectivity index (χ4v) is 2.93. The lowest BCUT2D eigenvalue weighted by molar-refractivity contribution is 0.422. The zero-order valence-corrected chi connectivity index (χ0v) is 11.9. The summed E-state index contributed by atoms with van der Waals surface area (Å²) in [4.78, 5) is 0. The second-order valence-corrected chi connectivity index (χ2v) is 5.32. The summed E-state index contributed by atoms with van der Waals surface area (Å²) in [6.45, 7) is 3.89. The van der Waals surface area contributed by atoms with Crippen LogP contribution in [0.1, 0.15) is 49.2 Å². The van der Waals surface area contributed by atoms with Crippen LogP contribution in [0.3, 0.4) is 0 Å². The van der Waals surface area contributed by atoms with Crippen LogP contribution in [0, 0.1) is 0 Å². The van der Waals surface area contributed by atoms with E-state index < -0.39 is 0 Å². The third kappa shape index (κ3) is 2.58. The first-order chi connectivity index (χ1) is 9.90. The van der Waals surface area contributed by atoms with Crippen molar-refractivity contribution in [2.75, 3.05) is 6.54 Å². The van der Waals surface area contributed by atoms with Gasteiger partial charge in [-0.05, 0) is 53.8 Å². The summed E-state index contributed by atoms with van der Waals surface area (Å²) < 4.78 is 2.00. The van der Waals surface area contributed by atoms with Crippen molar-refractivity contribution in [2.45, 2.75) is 45.2 Å². The Hall–Kier alpha value is -1.75. The average molecular weight is 271 g/mol. The number of nitrogens with zero attached hydrogens (tertiary/aromatic N) is 4. The van der Waals surface area contributed by atoms with Crippen molar-refractivity contribution in [3.8, 4) is 0 Å². The molecule has 0 aliphatic heterocycles. The first-order valence-electron chi connectivity index (χ1n) is 7.45. The molecule has 1 aromatic carbocycles. The molecule has 3 rings (SSSR count). The van der Waals surface area contributed by atoms with Crippen molar-refractivity contribution in [1.29, 1.82) is 0 Å². The van der Waals surface area contributed by atoms with E-state index >= 15 is 0 Å². The highest BCUT2D eigenvalue weighted by Crippen LogP contribution is 2.32. The minimum absolute atomic E-state index is 0.286. The van der Waals surface area contributed by atoms with E-state index in [1.807, 2.05) is 4.68 Å². The van der Waals surface area contributed by atoms with Crippen molar-refractivity contribution < 1.29 is 0 Å². The molecule has 106 valence electrons. The van der Waals surface area contributed by atoms with Gasteiger partial charge in [-0.15, -0.1) is 5.10 Å². The fraction of sp³-hybridized carbons (Fsp3) is 0.533. The Bertz CT molecular complexity index is 563. The Morgan fingerprint density at radius 2 is 2.25 bits per heavy atom. The third-order valence-electron chi connectivity index (χ3n) is 3.90. The van der Waals surface area contributed by atoms with Crippen LogP contribution in [0.4, 0.5) is 0 Å². The standard InChI is InChI=1S/C15H21N5/c1-2-10-16-11-15-17-18-19-20(15)14-9-5-7-12-6-3-4-8-13(12)14/h3-4,6,8,14,16H,2,5,7,9-11H2,1H3. The number of rotatable bonds is 5. The van der Waals surface area contributed by atoms with Gasteiger partial charge in [0.05, 0.1) is 12.6 Å². The molecule has 1 heterocycles. The van der Waals surface area contributed by atoms with Gasteiger partial charge in [-0.25, -0.2) is 4.68 Å². The van der Waals surface area contributed by atoms with Gasteiger partial charge < -0.3 is 5.32 Å². The highest BCUT2D eigenvalue weighted by atomic mass is 15.6. The molecular weight excluding hydrogens is 250 g/mol. The third-order valence-corrected chi connectivity index (χ3v) is 3.90. The quantitative estimate of drug-likeness (QED) is 0.846. The number of tetrazole rings is 1. The van der Waals surface area contributed by atoms with Crippen LogP contribution < -0.4 is 5.32 Å². The van der Waals surface area contributed by atoms with E-state index in [2.05, 4.69) is 52.0 Å². The molecule has 20 heavy (non-hydrogen) atoms. The molecule has 2 aromatic rings. The topological polar surface area (TPSA) is 55.6 Å². The van der Waals surface area contributed by atoms with Crippen LogP contribution in [-0.2, 0) is 13.0 Å². The van der Waals surface area contributed by atoms with Crippen molar-refractivity contribution in [1.82, 2.24) is 25.5 Å². The van der Waals surface area contributed by atoms with Crippen molar-refractivity contribution in [3.05, 3.63) is 41.2 Å². The number of aryl methyl sites for hydroxylation is 1. The maximum absolute atomic E-state index is 4.23. The van der Waals surface area contributed by atoms with E-state index in [9.17, 15) is 0 Å². The van der Waals surface area contributed by atoms with Gasteiger partial charge in [0, 0.05) is 0 Å². The van der Waals surface area contributed by atoms with E-state index in [0.29, 0.717) is 0 Å². The summed E-state index contributed by atoms with van der Waals surface area (Å²) in [5.74, 6) is 0.931. The fourth-order valence-electron chi connectivity index (χ4n) is 2.93. The number of hydrogen-bond acceptors (Lipinski definition) is 4. The number of fused-ring (bicyclic) bond motifs is 1. The normalized spacial score (nSPS) is 17.9. The van der Waals surface area contributed by atoms with E-state index in [1.54, 1.807) is 0 Å². The number of benzene rings is 1. The molecule has 0 spiro atoms. The van der Waals surface area contributed by atoms with Gasteiger partial charge >= 0.3 is 0 Å². The minimum Gasteiger partial charge on any atom is -0.310 e. The summed E-state index contributed by atoms with van der Waals surface area (Å²) in [5, 5.41) is 15.7. The summed E-state index contributed by atoms with van der Waals surface area (Å²) >= 11 is 0. The van der Waals surface area contributed by atoms with E-state index in [0.717, 1.165) is 38.2 Å². The zero-order chi connectivity index (χ0) is 13.8. The van der Waals surface area contributed by atoms with Gasteiger partial charge in [-0.2, -0.15) is 0 Å². The summed E-state index contributed by atoms with van der Waals surface area (Å²) in [5.41, 5.74) is 2.81. The summed E-state index contributed by atoms with van der Waals surface area (Å²) in [6.07, 6.45) is 4.60. The monoisotopic (exact) mass is 271 g/mol. The average Bonchev–Trinajstić information content (AvgIpc) is 2.95. The molecule has 0 saturated carbocycles. The Balaban J connectivity index is 1.85. The smallest absolute Gasteiger partial charge is 0.165 e. The first-order valence-corrected chi connectivity index (χ1v) is 7.45. The summed E-state index contributed by atoms with van der Waals surface area (Å²) in [7, 11) is 0. The number of aromatic nitrogens is 4. The lowest BCUT2D eigenvalue weighted by Crippen LogP contribution is -2.24. The van der Waals surface area contributed by atoms with Crippen LogP contribution in [0.25, 0.3) is 0 Å². The van der Waals surface area contributed by atoms with Gasteiger partial charge in [-0.1, -0.05) is 31.2 Å². The van der Waals surface area contributed by atoms with Crippen LogP contribution in [-0.4, -0.2) is 26.8 Å². The molecule has 1 N–H and O–H groups in total. The van der Waals surface area contributed by atoms with E-state index in [-0.39, 0.29) is 6.04 Å². The summed E-state index contributed by atoms with van der Waals surface area (Å²) in [6, 6.07) is 8.94. The molecule has 0 bridgehead atoms. The molecule has 0 fully saturated rings. The van der Waals surface area contributed by atoms with Gasteiger partial charge in [0.25, 0.3) is 0 Å². The molecule has 1 unspecified atom stereocenters. The van der Waals surface area contributed by atoms with Gasteiger partial charge in [0.2, 0.25) is 0 Å². The van der Waals surface area contributed by atoms with Crippen molar-refractivity contribution >= 4 is 0 Å². The van der Waals surface area contributed by atoms with Gasteiger partial charge in [0.15, 0.2) is 5.82 Å². The number of hydrogen-bond donors (Lipinski definition) is 1. The van der Waals surface area contributed by atoms with Crippen LogP contribution in [0.2, 0.25) is 0 Å². The van der Waals surface area contributed by atoms with Crippen LogP contribution >= 0.6 is 0 Å². The predicted octanol–water partition coefficient (Wildman–Crippen LogP) is 2.10. The molecule has 1 atom stereocenters. The molecule has 1 aliphatic carbocycles. The molecule has 1 aromatic heterocycles. The van der Waals surface area contributed by atoms with Gasteiger partial charge in [0.1, 0.15) is 0 Å². The van der Waals surface area contributed by atoms with Crippen LogP contribution in [0.15, 0.2) is 24.3 Å². The Morgan fingerprint density at radius 1 is 1.35 bits per heavy atom. The second kappa shape index (κ2) is 6.13. The highest BCUT2D eigenvalue weighted by Gasteiger charge is 2.24. The second-order valence-electron chi connectivity index (χ2n) is 5.32. The lowest BCUT2D eigenvalue weighted by Gasteiger charge is -2.26. The Labute approximate surface area is 119 Å². The van der Waals surface area contributed by atoms with E-state index in [4.69, 9.17) is 0 Å². The molecule has 5 heteroatoms. The highest BCUT2D eigenvalue weighted by molar-refractivity contribution is 5.32. The van der Waals surface area contributed by atoms with Crippen LogP contribution in [0.5, 0.6) is 0 Å². The number of nitrogens with one attached hydrogen (secondary N) is 1. The molecule has 0 saturated heterocycles. The van der Waals surface area contributed by atoms with E-state index in [1.165, 1.54) is 17.5 Å². The Kier molecular flexibility index (Phi) is 4.06. The maximum atomic E-state index is 4.23. The molecule has 0 amide bonds. The maximum Gasteiger partial charge on any atom is 0.165 e. The van der Waals surface area contributed by atoms with Crippen molar-refractivity contribution in [2.24, 2.45) is 0 Å². The molecule has 5 nitrogen and oxygen atoms in total. The Morgan fingerprint density at radius 3 is 3.15 bits per heavy atom. The van der Waals surface area contributed by atoms with Crippen molar-refractivity contribution in [3.63, 3.8) is 0 Å². The lowest BCUT2D eigenvalue weighted by atomic mass is 9.88. The molecular formula is C15H21N5. The predicted molar refractivity (Wildman–Crippen MR) is 77.3 cm³/mol. The van der Waals surface area contributed by atoms with Gasteiger partial charge in [-0.3, -0.25) is 0 Å².